The van der Waals surface area contributed by atoms with Crippen molar-refractivity contribution in [2.75, 3.05) is 23.4 Å². The van der Waals surface area contributed by atoms with Crippen molar-refractivity contribution >= 4 is 22.5 Å². The predicted octanol–water partition coefficient (Wildman–Crippen LogP) is 5.22. The highest BCUT2D eigenvalue weighted by Gasteiger charge is 2.31. The van der Waals surface area contributed by atoms with Crippen LogP contribution in [0.1, 0.15) is 44.7 Å². The number of nitrogens with zero attached hydrogens (tertiary/aromatic N) is 3. The third kappa shape index (κ3) is 3.32. The zero-order valence-corrected chi connectivity index (χ0v) is 17.1. The van der Waals surface area contributed by atoms with Crippen LogP contribution < -0.4 is 15.0 Å². The molecular formula is C23H24F2N4O. The first-order chi connectivity index (χ1) is 14.4. The molecule has 2 bridgehead atoms. The number of hydrogen-bond donors (Lipinski definition) is 1. The van der Waals surface area contributed by atoms with Crippen LogP contribution in [0.3, 0.4) is 0 Å². The van der Waals surface area contributed by atoms with Crippen molar-refractivity contribution in [3.8, 4) is 5.75 Å². The Morgan fingerprint density at radius 3 is 2.93 bits per heavy atom. The number of pyridine rings is 2. The summed E-state index contributed by atoms with van der Waals surface area (Å²) in [4.78, 5) is 11.2. The molecule has 0 amide bonds. The summed E-state index contributed by atoms with van der Waals surface area (Å²) in [6.45, 7) is 5.20. The Hall–Kier alpha value is -2.96. The van der Waals surface area contributed by atoms with Crippen molar-refractivity contribution in [3.63, 3.8) is 0 Å². The molecule has 0 unspecified atom stereocenters. The minimum absolute atomic E-state index is 0.0488. The van der Waals surface area contributed by atoms with Gasteiger partial charge in [0, 0.05) is 24.1 Å². The lowest BCUT2D eigenvalue weighted by atomic mass is 10.0. The van der Waals surface area contributed by atoms with Gasteiger partial charge in [-0.05, 0) is 57.0 Å². The Balaban J connectivity index is 1.71. The summed E-state index contributed by atoms with van der Waals surface area (Å²) >= 11 is 0. The van der Waals surface area contributed by atoms with Gasteiger partial charge in [0.1, 0.15) is 28.6 Å². The van der Waals surface area contributed by atoms with Crippen molar-refractivity contribution in [3.05, 3.63) is 53.7 Å². The number of hydrogen-bond acceptors (Lipinski definition) is 5. The topological polar surface area (TPSA) is 50.3 Å². The molecule has 1 atom stereocenters. The van der Waals surface area contributed by atoms with Gasteiger partial charge in [-0.1, -0.05) is 0 Å². The third-order valence-corrected chi connectivity index (χ3v) is 5.98. The highest BCUT2D eigenvalue weighted by atomic mass is 19.1. The molecule has 1 fully saturated rings. The summed E-state index contributed by atoms with van der Waals surface area (Å²) in [5, 5.41) is 3.32. The van der Waals surface area contributed by atoms with Crippen molar-refractivity contribution in [2.45, 2.75) is 44.7 Å². The van der Waals surface area contributed by atoms with Crippen LogP contribution in [0.2, 0.25) is 0 Å². The largest absolute Gasteiger partial charge is 0.493 e. The average molecular weight is 410 g/mol. The predicted molar refractivity (Wildman–Crippen MR) is 113 cm³/mol. The summed E-state index contributed by atoms with van der Waals surface area (Å²) in [5.41, 5.74) is 1.87. The maximum absolute atomic E-state index is 14.8. The standard InChI is InChI=1S/C23H24F2N4O/c1-23(2)9-11-30-19-7-5-14(24)12-15(19)18-4-3-10-29(18)20-8-6-17-22(27-20)21(28-23)16(25)13-26-17/h5-8,12-13,18,28H,3-4,9-11H2,1-2H3/t18-/m1/s1. The Morgan fingerprint density at radius 1 is 1.20 bits per heavy atom. The number of anilines is 2. The van der Waals surface area contributed by atoms with E-state index in [0.717, 1.165) is 30.8 Å². The maximum Gasteiger partial charge on any atom is 0.166 e. The van der Waals surface area contributed by atoms with Crippen molar-refractivity contribution < 1.29 is 13.5 Å². The fourth-order valence-electron chi connectivity index (χ4n) is 4.40. The van der Waals surface area contributed by atoms with Gasteiger partial charge < -0.3 is 15.0 Å². The molecule has 3 aromatic rings. The van der Waals surface area contributed by atoms with Crippen LogP contribution in [0.5, 0.6) is 5.75 Å². The third-order valence-electron chi connectivity index (χ3n) is 5.98. The van der Waals surface area contributed by atoms with E-state index in [4.69, 9.17) is 9.72 Å². The molecule has 30 heavy (non-hydrogen) atoms. The van der Waals surface area contributed by atoms with E-state index in [1.54, 1.807) is 12.1 Å². The smallest absolute Gasteiger partial charge is 0.166 e. The lowest BCUT2D eigenvalue weighted by Gasteiger charge is -2.28. The van der Waals surface area contributed by atoms with Gasteiger partial charge in [0.05, 0.1) is 24.4 Å². The van der Waals surface area contributed by atoms with Crippen LogP contribution in [0.15, 0.2) is 36.5 Å². The van der Waals surface area contributed by atoms with E-state index >= 15 is 0 Å². The molecule has 2 aromatic heterocycles. The highest BCUT2D eigenvalue weighted by molar-refractivity contribution is 5.89. The first-order valence-corrected chi connectivity index (χ1v) is 10.3. The van der Waals surface area contributed by atoms with Gasteiger partial charge in [-0.15, -0.1) is 0 Å². The Bertz CT molecular complexity index is 1120. The van der Waals surface area contributed by atoms with Crippen molar-refractivity contribution in [2.24, 2.45) is 0 Å². The van der Waals surface area contributed by atoms with Crippen LogP contribution in [0.25, 0.3) is 11.0 Å². The van der Waals surface area contributed by atoms with Crippen LogP contribution in [0, 0.1) is 11.6 Å². The summed E-state index contributed by atoms with van der Waals surface area (Å²) < 4.78 is 35.0. The van der Waals surface area contributed by atoms with Crippen molar-refractivity contribution in [1.82, 2.24) is 9.97 Å². The highest BCUT2D eigenvalue weighted by Crippen LogP contribution is 2.41. The molecule has 1 saturated heterocycles. The van der Waals surface area contributed by atoms with Gasteiger partial charge in [0.25, 0.3) is 0 Å². The van der Waals surface area contributed by atoms with E-state index in [2.05, 4.69) is 15.2 Å². The number of rotatable bonds is 0. The fourth-order valence-corrected chi connectivity index (χ4v) is 4.40. The fraction of sp³-hybridized carbons (Fsp3) is 0.391. The molecule has 0 spiro atoms. The molecule has 0 saturated carbocycles. The van der Waals surface area contributed by atoms with E-state index < -0.39 is 11.4 Å². The lowest BCUT2D eigenvalue weighted by Crippen LogP contribution is -2.33. The Kier molecular flexibility index (Phi) is 4.49. The number of aromatic nitrogens is 2. The zero-order valence-electron chi connectivity index (χ0n) is 17.1. The first-order valence-electron chi connectivity index (χ1n) is 10.3. The average Bonchev–Trinajstić information content (AvgIpc) is 3.20. The molecule has 1 N–H and O–H groups in total. The molecule has 5 nitrogen and oxygen atoms in total. The molecule has 7 heteroatoms. The van der Waals surface area contributed by atoms with Crippen molar-refractivity contribution in [1.29, 1.82) is 0 Å². The van der Waals surface area contributed by atoms with Crippen LogP contribution in [-0.4, -0.2) is 28.7 Å². The first kappa shape index (κ1) is 19.0. The van der Waals surface area contributed by atoms with Gasteiger partial charge in [0.2, 0.25) is 0 Å². The summed E-state index contributed by atoms with van der Waals surface area (Å²) in [7, 11) is 0. The van der Waals surface area contributed by atoms with Gasteiger partial charge in [-0.3, -0.25) is 4.98 Å². The second-order valence-electron chi connectivity index (χ2n) is 8.66. The molecule has 1 aromatic carbocycles. The molecule has 0 aliphatic carbocycles. The summed E-state index contributed by atoms with van der Waals surface area (Å²) in [5.74, 6) is 0.706. The number of fused-ring (bicyclic) bond motifs is 5. The van der Waals surface area contributed by atoms with E-state index in [0.29, 0.717) is 35.5 Å². The zero-order chi connectivity index (χ0) is 20.9. The van der Waals surface area contributed by atoms with E-state index in [-0.39, 0.29) is 11.9 Å². The quantitative estimate of drug-likeness (QED) is 0.551. The van der Waals surface area contributed by atoms with Crippen LogP contribution >= 0.6 is 0 Å². The lowest BCUT2D eigenvalue weighted by molar-refractivity contribution is 0.277. The minimum atomic E-state index is -0.447. The number of ether oxygens (including phenoxy) is 1. The van der Waals surface area contributed by atoms with Crippen LogP contribution in [-0.2, 0) is 0 Å². The number of benzene rings is 1. The van der Waals surface area contributed by atoms with E-state index in [1.807, 2.05) is 26.0 Å². The van der Waals surface area contributed by atoms with Gasteiger partial charge in [0.15, 0.2) is 5.82 Å². The van der Waals surface area contributed by atoms with Crippen LogP contribution in [0.4, 0.5) is 20.3 Å². The second-order valence-corrected chi connectivity index (χ2v) is 8.66. The molecule has 4 heterocycles. The molecule has 2 aliphatic heterocycles. The van der Waals surface area contributed by atoms with Gasteiger partial charge in [-0.2, -0.15) is 0 Å². The Morgan fingerprint density at radius 2 is 2.07 bits per heavy atom. The van der Waals surface area contributed by atoms with Gasteiger partial charge >= 0.3 is 0 Å². The monoisotopic (exact) mass is 410 g/mol. The SMILES string of the molecule is CC1(C)CCOc2ccc(F)cc2[C@H]2CCCN2c2ccc3ncc(F)c(c3n2)N1. The molecule has 0 radical (unpaired) electrons. The van der Waals surface area contributed by atoms with E-state index in [1.165, 1.54) is 12.3 Å². The van der Waals surface area contributed by atoms with E-state index in [9.17, 15) is 8.78 Å². The molecular weight excluding hydrogens is 386 g/mol. The normalized spacial score (nSPS) is 20.4. The Labute approximate surface area is 174 Å². The summed E-state index contributed by atoms with van der Waals surface area (Å²) in [6.07, 6.45) is 3.69. The minimum Gasteiger partial charge on any atom is -0.493 e. The maximum atomic E-state index is 14.8. The van der Waals surface area contributed by atoms with Gasteiger partial charge in [-0.25, -0.2) is 13.8 Å². The molecule has 2 aliphatic rings. The summed E-state index contributed by atoms with van der Waals surface area (Å²) in [6, 6.07) is 8.42. The number of halogens is 2. The molecule has 156 valence electrons. The second kappa shape index (κ2) is 7.07. The number of nitrogens with one attached hydrogen (secondary N) is 1. The molecule has 5 rings (SSSR count).